The van der Waals surface area contributed by atoms with E-state index in [0.717, 1.165) is 47.4 Å². The first-order valence-corrected chi connectivity index (χ1v) is 10.9. The largest absolute Gasteiger partial charge is 0.495 e. The van der Waals surface area contributed by atoms with Gasteiger partial charge in [-0.3, -0.25) is 4.98 Å². The molecule has 1 aliphatic rings. The standard InChI is InChI=1S/C24H29N5OS/c1-27(2)15-9-17-29-23(22(26-24(29)31)18-10-6-7-14-25-18)20-12-8-16-28(20)19-11-4-5-13-21(19)30-3/h4-8,10-14,16,22-23H,9,15,17H2,1-3H3,(H,26,31). The van der Waals surface area contributed by atoms with E-state index < -0.39 is 0 Å². The number of benzene rings is 1. The minimum Gasteiger partial charge on any atom is -0.495 e. The maximum Gasteiger partial charge on any atom is 0.170 e. The molecule has 0 radical (unpaired) electrons. The monoisotopic (exact) mass is 435 g/mol. The van der Waals surface area contributed by atoms with E-state index in [9.17, 15) is 0 Å². The lowest BCUT2D eigenvalue weighted by atomic mass is 10.0. The number of ether oxygens (including phenoxy) is 1. The summed E-state index contributed by atoms with van der Waals surface area (Å²) in [7, 11) is 5.90. The Bertz CT molecular complexity index is 1020. The van der Waals surface area contributed by atoms with Gasteiger partial charge in [-0.25, -0.2) is 0 Å². The molecule has 7 heteroatoms. The van der Waals surface area contributed by atoms with Gasteiger partial charge in [-0.1, -0.05) is 18.2 Å². The Hall–Kier alpha value is -2.90. The van der Waals surface area contributed by atoms with Gasteiger partial charge in [0, 0.05) is 24.6 Å². The lowest BCUT2D eigenvalue weighted by Gasteiger charge is -2.29. The van der Waals surface area contributed by atoms with Crippen LogP contribution in [0.25, 0.3) is 5.69 Å². The zero-order valence-electron chi connectivity index (χ0n) is 18.2. The Kier molecular flexibility index (Phi) is 6.53. The van der Waals surface area contributed by atoms with E-state index in [-0.39, 0.29) is 12.1 Å². The van der Waals surface area contributed by atoms with Crippen LogP contribution in [-0.2, 0) is 0 Å². The first kappa shape index (κ1) is 21.3. The second-order valence-electron chi connectivity index (χ2n) is 7.95. The number of pyridine rings is 1. The summed E-state index contributed by atoms with van der Waals surface area (Å²) in [5.74, 6) is 0.835. The molecule has 0 saturated carbocycles. The van der Waals surface area contributed by atoms with Crippen molar-refractivity contribution in [3.05, 3.63) is 78.4 Å². The maximum absolute atomic E-state index is 5.80. The second kappa shape index (κ2) is 9.49. The van der Waals surface area contributed by atoms with E-state index in [0.29, 0.717) is 0 Å². The molecule has 0 spiro atoms. The zero-order valence-corrected chi connectivity index (χ0v) is 19.0. The number of thiocarbonyl (C=S) groups is 1. The summed E-state index contributed by atoms with van der Waals surface area (Å²) in [6.07, 6.45) is 4.95. The smallest absolute Gasteiger partial charge is 0.170 e. The van der Waals surface area contributed by atoms with Crippen LogP contribution in [0, 0.1) is 0 Å². The highest BCUT2D eigenvalue weighted by Crippen LogP contribution is 2.40. The summed E-state index contributed by atoms with van der Waals surface area (Å²) in [6, 6.07) is 18.4. The van der Waals surface area contributed by atoms with Crippen LogP contribution in [0.4, 0.5) is 0 Å². The number of hydrogen-bond acceptors (Lipinski definition) is 4. The van der Waals surface area contributed by atoms with Gasteiger partial charge in [0.15, 0.2) is 5.11 Å². The average molecular weight is 436 g/mol. The van der Waals surface area contributed by atoms with Gasteiger partial charge in [0.25, 0.3) is 0 Å². The summed E-state index contributed by atoms with van der Waals surface area (Å²) in [5, 5.41) is 4.31. The van der Waals surface area contributed by atoms with Gasteiger partial charge in [-0.15, -0.1) is 0 Å². The topological polar surface area (TPSA) is 45.6 Å². The molecule has 2 aromatic heterocycles. The average Bonchev–Trinajstić information content (AvgIpc) is 3.38. The molecule has 1 fully saturated rings. The number of rotatable bonds is 8. The van der Waals surface area contributed by atoms with E-state index in [4.69, 9.17) is 17.0 Å². The quantitative estimate of drug-likeness (QED) is 0.543. The van der Waals surface area contributed by atoms with Crippen LogP contribution in [-0.4, -0.2) is 58.8 Å². The van der Waals surface area contributed by atoms with Crippen molar-refractivity contribution in [2.24, 2.45) is 0 Å². The van der Waals surface area contributed by atoms with Crippen molar-refractivity contribution in [1.29, 1.82) is 0 Å². The normalized spacial score (nSPS) is 18.5. The predicted octanol–water partition coefficient (Wildman–Crippen LogP) is 3.81. The molecule has 2 atom stereocenters. The molecule has 1 aliphatic heterocycles. The Morgan fingerprint density at radius 3 is 2.65 bits per heavy atom. The number of nitrogens with zero attached hydrogens (tertiary/aromatic N) is 4. The summed E-state index contributed by atoms with van der Waals surface area (Å²) in [6.45, 7) is 1.88. The summed E-state index contributed by atoms with van der Waals surface area (Å²) in [4.78, 5) is 9.15. The molecule has 162 valence electrons. The molecule has 0 aliphatic carbocycles. The van der Waals surface area contributed by atoms with Gasteiger partial charge in [0.1, 0.15) is 5.75 Å². The minimum atomic E-state index is -0.0311. The van der Waals surface area contributed by atoms with Crippen LogP contribution in [0.15, 0.2) is 67.0 Å². The van der Waals surface area contributed by atoms with E-state index >= 15 is 0 Å². The van der Waals surface area contributed by atoms with Crippen molar-refractivity contribution in [2.45, 2.75) is 18.5 Å². The number of aromatic nitrogens is 2. The fourth-order valence-corrected chi connectivity index (χ4v) is 4.54. The molecule has 4 rings (SSSR count). The highest BCUT2D eigenvalue weighted by molar-refractivity contribution is 7.80. The van der Waals surface area contributed by atoms with E-state index in [1.54, 1.807) is 7.11 Å². The van der Waals surface area contributed by atoms with Crippen molar-refractivity contribution < 1.29 is 4.74 Å². The third kappa shape index (κ3) is 4.43. The Balaban J connectivity index is 1.76. The Morgan fingerprint density at radius 2 is 1.90 bits per heavy atom. The van der Waals surface area contributed by atoms with E-state index in [1.165, 1.54) is 0 Å². The molecule has 3 aromatic rings. The van der Waals surface area contributed by atoms with Crippen LogP contribution in [0.5, 0.6) is 5.75 Å². The van der Waals surface area contributed by atoms with Crippen molar-refractivity contribution in [3.8, 4) is 11.4 Å². The zero-order chi connectivity index (χ0) is 21.8. The highest BCUT2D eigenvalue weighted by Gasteiger charge is 2.41. The van der Waals surface area contributed by atoms with Crippen molar-refractivity contribution in [1.82, 2.24) is 24.7 Å². The summed E-state index contributed by atoms with van der Waals surface area (Å²) >= 11 is 5.80. The lowest BCUT2D eigenvalue weighted by molar-refractivity contribution is 0.286. The van der Waals surface area contributed by atoms with Crippen LogP contribution >= 0.6 is 12.2 Å². The van der Waals surface area contributed by atoms with E-state index in [1.807, 2.05) is 36.5 Å². The number of nitrogens with one attached hydrogen (secondary N) is 1. The molecular weight excluding hydrogens is 406 g/mol. The van der Waals surface area contributed by atoms with Gasteiger partial charge in [0.2, 0.25) is 0 Å². The molecule has 0 amide bonds. The van der Waals surface area contributed by atoms with Gasteiger partial charge in [-0.05, 0) is 75.7 Å². The first-order chi connectivity index (χ1) is 15.1. The minimum absolute atomic E-state index is 0.0180. The molecule has 2 unspecified atom stereocenters. The Morgan fingerprint density at radius 1 is 1.10 bits per heavy atom. The summed E-state index contributed by atoms with van der Waals surface area (Å²) in [5.41, 5.74) is 3.14. The number of methoxy groups -OCH3 is 1. The lowest BCUT2D eigenvalue weighted by Crippen LogP contribution is -2.33. The van der Waals surface area contributed by atoms with Gasteiger partial charge in [0.05, 0.1) is 30.6 Å². The molecule has 1 aromatic carbocycles. The van der Waals surface area contributed by atoms with Gasteiger partial charge < -0.3 is 24.4 Å². The maximum atomic E-state index is 5.80. The van der Waals surface area contributed by atoms with Crippen molar-refractivity contribution in [3.63, 3.8) is 0 Å². The van der Waals surface area contributed by atoms with E-state index in [2.05, 4.69) is 69.2 Å². The molecule has 6 nitrogen and oxygen atoms in total. The molecule has 1 saturated heterocycles. The highest BCUT2D eigenvalue weighted by atomic mass is 32.1. The predicted molar refractivity (Wildman–Crippen MR) is 128 cm³/mol. The number of hydrogen-bond donors (Lipinski definition) is 1. The third-order valence-electron chi connectivity index (χ3n) is 5.63. The van der Waals surface area contributed by atoms with Crippen LogP contribution in [0.2, 0.25) is 0 Å². The van der Waals surface area contributed by atoms with Crippen LogP contribution in [0.1, 0.15) is 29.9 Å². The second-order valence-corrected chi connectivity index (χ2v) is 8.34. The van der Waals surface area contributed by atoms with Crippen LogP contribution in [0.3, 0.4) is 0 Å². The van der Waals surface area contributed by atoms with Crippen molar-refractivity contribution in [2.75, 3.05) is 34.3 Å². The SMILES string of the molecule is COc1ccccc1-n1cccc1C1C(c2ccccn2)NC(=S)N1CCCN(C)C. The van der Waals surface area contributed by atoms with Crippen molar-refractivity contribution >= 4 is 17.3 Å². The third-order valence-corrected chi connectivity index (χ3v) is 5.98. The molecule has 1 N–H and O–H groups in total. The molecule has 3 heterocycles. The molecule has 0 bridgehead atoms. The summed E-state index contributed by atoms with van der Waals surface area (Å²) < 4.78 is 7.85. The molecular formula is C24H29N5OS. The van der Waals surface area contributed by atoms with Gasteiger partial charge in [-0.2, -0.15) is 0 Å². The first-order valence-electron chi connectivity index (χ1n) is 10.5. The number of para-hydroxylation sites is 2. The fraction of sp³-hybridized carbons (Fsp3) is 0.333. The van der Waals surface area contributed by atoms with Gasteiger partial charge >= 0.3 is 0 Å². The Labute approximate surface area is 189 Å². The fourth-order valence-electron chi connectivity index (χ4n) is 4.21. The molecule has 31 heavy (non-hydrogen) atoms. The van der Waals surface area contributed by atoms with Crippen LogP contribution < -0.4 is 10.1 Å².